The van der Waals surface area contributed by atoms with Gasteiger partial charge in [-0.15, -0.1) is 0 Å². The highest BCUT2D eigenvalue weighted by atomic mass is 35.5. The number of hydrogen-bond donors (Lipinski definition) is 0. The van der Waals surface area contributed by atoms with Gasteiger partial charge in [0.05, 0.1) is 10.7 Å². The second-order valence-corrected chi connectivity index (χ2v) is 6.77. The second kappa shape index (κ2) is 4.75. The van der Waals surface area contributed by atoms with Crippen LogP contribution in [0.4, 0.5) is 10.1 Å². The van der Waals surface area contributed by atoms with Crippen LogP contribution in [-0.2, 0) is 16.4 Å². The summed E-state index contributed by atoms with van der Waals surface area (Å²) in [6.45, 7) is 0.370. The molecule has 2 aromatic rings. The Kier molecular flexibility index (Phi) is 3.18. The maximum atomic E-state index is 13.1. The molecule has 0 saturated carbocycles. The minimum Gasteiger partial charge on any atom is -0.266 e. The molecule has 3 nitrogen and oxygen atoms in total. The molecule has 0 N–H and O–H groups in total. The first-order valence-corrected chi connectivity index (χ1v) is 7.87. The van der Waals surface area contributed by atoms with Gasteiger partial charge in [-0.2, -0.15) is 0 Å². The van der Waals surface area contributed by atoms with Crippen molar-refractivity contribution >= 4 is 27.3 Å². The quantitative estimate of drug-likeness (QED) is 0.854. The van der Waals surface area contributed by atoms with Crippen molar-refractivity contribution in [2.45, 2.75) is 11.3 Å². The van der Waals surface area contributed by atoms with Gasteiger partial charge in [-0.3, -0.25) is 4.31 Å². The maximum absolute atomic E-state index is 13.1. The molecule has 1 aliphatic heterocycles. The lowest BCUT2D eigenvalue weighted by Gasteiger charge is -2.20. The van der Waals surface area contributed by atoms with Crippen molar-refractivity contribution in [2.24, 2.45) is 0 Å². The summed E-state index contributed by atoms with van der Waals surface area (Å²) >= 11 is 5.87. The molecule has 1 heterocycles. The molecule has 2 aromatic carbocycles. The molecule has 0 bridgehead atoms. The lowest BCUT2D eigenvalue weighted by atomic mass is 10.2. The molecular formula is C14H11ClFNO2S. The molecule has 0 spiro atoms. The van der Waals surface area contributed by atoms with Gasteiger partial charge in [0.1, 0.15) is 10.7 Å². The first-order valence-electron chi connectivity index (χ1n) is 6.06. The zero-order valence-electron chi connectivity index (χ0n) is 10.4. The van der Waals surface area contributed by atoms with Crippen LogP contribution in [-0.4, -0.2) is 15.0 Å². The summed E-state index contributed by atoms with van der Waals surface area (Å²) < 4.78 is 39.7. The third-order valence-electron chi connectivity index (χ3n) is 3.31. The lowest BCUT2D eigenvalue weighted by Crippen LogP contribution is -2.29. The predicted octanol–water partition coefficient (Wildman–Crippen LogP) is 3.23. The van der Waals surface area contributed by atoms with Gasteiger partial charge in [-0.25, -0.2) is 12.8 Å². The van der Waals surface area contributed by atoms with Gasteiger partial charge in [0.15, 0.2) is 0 Å². The first kappa shape index (κ1) is 13.4. The summed E-state index contributed by atoms with van der Waals surface area (Å²) in [7, 11) is -3.76. The number of para-hydroxylation sites is 1. The first-order chi connectivity index (χ1) is 9.50. The summed E-state index contributed by atoms with van der Waals surface area (Å²) in [5.41, 5.74) is 1.64. The maximum Gasteiger partial charge on any atom is 0.265 e. The molecule has 0 aromatic heterocycles. The molecule has 0 saturated heterocycles. The normalized spacial score (nSPS) is 14.4. The zero-order valence-corrected chi connectivity index (χ0v) is 12.0. The van der Waals surface area contributed by atoms with Crippen molar-refractivity contribution in [3.05, 3.63) is 58.9 Å². The van der Waals surface area contributed by atoms with E-state index in [9.17, 15) is 12.8 Å². The molecule has 20 heavy (non-hydrogen) atoms. The van der Waals surface area contributed by atoms with E-state index in [0.717, 1.165) is 17.7 Å². The number of hydrogen-bond acceptors (Lipinski definition) is 2. The fourth-order valence-electron chi connectivity index (χ4n) is 2.36. The Morgan fingerprint density at radius 1 is 1.15 bits per heavy atom. The van der Waals surface area contributed by atoms with Crippen LogP contribution in [0, 0.1) is 5.82 Å². The Labute approximate surface area is 121 Å². The van der Waals surface area contributed by atoms with Crippen LogP contribution in [0.2, 0.25) is 5.02 Å². The van der Waals surface area contributed by atoms with E-state index in [2.05, 4.69) is 0 Å². The van der Waals surface area contributed by atoms with Crippen molar-refractivity contribution in [3.8, 4) is 0 Å². The number of benzene rings is 2. The van der Waals surface area contributed by atoms with Gasteiger partial charge in [0.25, 0.3) is 10.0 Å². The van der Waals surface area contributed by atoms with Crippen molar-refractivity contribution in [3.63, 3.8) is 0 Å². The highest BCUT2D eigenvalue weighted by Gasteiger charge is 2.32. The third-order valence-corrected chi connectivity index (χ3v) is 5.60. The summed E-state index contributed by atoms with van der Waals surface area (Å²) in [4.78, 5) is -0.0720. The molecular weight excluding hydrogens is 301 g/mol. The molecule has 0 aliphatic carbocycles. The Bertz CT molecular complexity index is 776. The zero-order chi connectivity index (χ0) is 14.3. The minimum absolute atomic E-state index is 0.0720. The van der Waals surface area contributed by atoms with Crippen LogP contribution >= 0.6 is 11.6 Å². The molecule has 0 atom stereocenters. The van der Waals surface area contributed by atoms with E-state index in [4.69, 9.17) is 11.6 Å². The Hall–Kier alpha value is -1.59. The van der Waals surface area contributed by atoms with Crippen LogP contribution in [0.3, 0.4) is 0 Å². The van der Waals surface area contributed by atoms with Crippen molar-refractivity contribution in [1.82, 2.24) is 0 Å². The fourth-order valence-corrected chi connectivity index (χ4v) is 4.37. The van der Waals surface area contributed by atoms with Crippen LogP contribution in [0.25, 0.3) is 0 Å². The van der Waals surface area contributed by atoms with E-state index < -0.39 is 15.8 Å². The molecule has 6 heteroatoms. The minimum atomic E-state index is -3.76. The van der Waals surface area contributed by atoms with Crippen LogP contribution in [0.5, 0.6) is 0 Å². The van der Waals surface area contributed by atoms with E-state index in [1.54, 1.807) is 12.1 Å². The SMILES string of the molecule is O=S(=O)(c1ccc(F)cc1Cl)N1CCc2ccccc21. The fraction of sp³-hybridized carbons (Fsp3) is 0.143. The number of halogens is 2. The predicted molar refractivity (Wildman–Crippen MR) is 76.1 cm³/mol. The number of anilines is 1. The Balaban J connectivity index is 2.10. The van der Waals surface area contributed by atoms with Gasteiger partial charge in [0.2, 0.25) is 0 Å². The molecule has 0 fully saturated rings. The van der Waals surface area contributed by atoms with Gasteiger partial charge in [-0.1, -0.05) is 29.8 Å². The topological polar surface area (TPSA) is 37.4 Å². The van der Waals surface area contributed by atoms with Crippen LogP contribution in [0.1, 0.15) is 5.56 Å². The van der Waals surface area contributed by atoms with E-state index in [0.29, 0.717) is 18.7 Å². The second-order valence-electron chi connectivity index (χ2n) is 4.53. The third kappa shape index (κ3) is 2.07. The van der Waals surface area contributed by atoms with Crippen molar-refractivity contribution in [1.29, 1.82) is 0 Å². The number of nitrogens with zero attached hydrogens (tertiary/aromatic N) is 1. The standard InChI is InChI=1S/C14H11ClFNO2S/c15-12-9-11(16)5-6-14(12)20(18,19)17-8-7-10-3-1-2-4-13(10)17/h1-6,9H,7-8H2. The van der Waals surface area contributed by atoms with Crippen LogP contribution < -0.4 is 4.31 Å². The van der Waals surface area contributed by atoms with Crippen LogP contribution in [0.15, 0.2) is 47.4 Å². The molecule has 0 unspecified atom stereocenters. The van der Waals surface area contributed by atoms with E-state index in [1.807, 2.05) is 12.1 Å². The molecule has 1 aliphatic rings. The van der Waals surface area contributed by atoms with Crippen molar-refractivity contribution < 1.29 is 12.8 Å². The van der Waals surface area contributed by atoms with E-state index >= 15 is 0 Å². The summed E-state index contributed by atoms with van der Waals surface area (Å²) in [5.74, 6) is -0.559. The molecule has 0 radical (unpaired) electrons. The smallest absolute Gasteiger partial charge is 0.265 e. The number of sulfonamides is 1. The molecule has 3 rings (SSSR count). The average molecular weight is 312 g/mol. The summed E-state index contributed by atoms with van der Waals surface area (Å²) in [6.07, 6.45) is 0.661. The van der Waals surface area contributed by atoms with Gasteiger partial charge in [0, 0.05) is 6.54 Å². The Morgan fingerprint density at radius 2 is 1.90 bits per heavy atom. The van der Waals surface area contributed by atoms with Gasteiger partial charge in [-0.05, 0) is 36.2 Å². The van der Waals surface area contributed by atoms with Gasteiger partial charge >= 0.3 is 0 Å². The Morgan fingerprint density at radius 3 is 2.65 bits per heavy atom. The molecule has 0 amide bonds. The largest absolute Gasteiger partial charge is 0.266 e. The van der Waals surface area contributed by atoms with Gasteiger partial charge < -0.3 is 0 Å². The summed E-state index contributed by atoms with van der Waals surface area (Å²) in [5, 5.41) is -0.102. The summed E-state index contributed by atoms with van der Waals surface area (Å²) in [6, 6.07) is 10.6. The lowest BCUT2D eigenvalue weighted by molar-refractivity contribution is 0.591. The average Bonchev–Trinajstić information content (AvgIpc) is 2.82. The highest BCUT2D eigenvalue weighted by Crippen LogP contribution is 2.34. The van der Waals surface area contributed by atoms with Crippen molar-refractivity contribution in [2.75, 3.05) is 10.8 Å². The monoisotopic (exact) mass is 311 g/mol. The number of rotatable bonds is 2. The number of fused-ring (bicyclic) bond motifs is 1. The van der Waals surface area contributed by atoms with E-state index in [-0.39, 0.29) is 9.92 Å². The molecule has 104 valence electrons. The van der Waals surface area contributed by atoms with E-state index in [1.165, 1.54) is 10.4 Å². The highest BCUT2D eigenvalue weighted by molar-refractivity contribution is 7.93.